The van der Waals surface area contributed by atoms with Gasteiger partial charge in [-0.25, -0.2) is 4.79 Å². The van der Waals surface area contributed by atoms with Gasteiger partial charge >= 0.3 is 5.97 Å². The summed E-state index contributed by atoms with van der Waals surface area (Å²) in [5, 5.41) is 10.7. The highest BCUT2D eigenvalue weighted by molar-refractivity contribution is 6.09. The summed E-state index contributed by atoms with van der Waals surface area (Å²) in [6.07, 6.45) is 1.78. The summed E-state index contributed by atoms with van der Waals surface area (Å²) < 4.78 is 0. The largest absolute Gasteiger partial charge is 0.480 e. The number of hydrogen-bond acceptors (Lipinski definition) is 4. The molecule has 1 N–H and O–H groups in total. The minimum Gasteiger partial charge on any atom is -0.480 e. The maximum absolute atomic E-state index is 14.4. The van der Waals surface area contributed by atoms with E-state index in [4.69, 9.17) is 0 Å². The van der Waals surface area contributed by atoms with Gasteiger partial charge < -0.3 is 10.0 Å². The lowest BCUT2D eigenvalue weighted by Gasteiger charge is -2.35. The molecule has 0 bridgehead atoms. The third-order valence-corrected chi connectivity index (χ3v) is 6.68. The van der Waals surface area contributed by atoms with Crippen molar-refractivity contribution in [3.63, 3.8) is 0 Å². The Hall–Kier alpha value is -4.52. The fourth-order valence-corrected chi connectivity index (χ4v) is 4.75. The average Bonchev–Trinajstić information content (AvgIpc) is 2.91. The third kappa shape index (κ3) is 5.57. The summed E-state index contributed by atoms with van der Waals surface area (Å²) >= 11 is 0. The van der Waals surface area contributed by atoms with E-state index in [2.05, 4.69) is 4.98 Å². The quantitative estimate of drug-likeness (QED) is 0.359. The van der Waals surface area contributed by atoms with Gasteiger partial charge in [-0.05, 0) is 50.6 Å². The number of fused-ring (bicyclic) bond motifs is 1. The molecule has 1 aromatic heterocycles. The summed E-state index contributed by atoms with van der Waals surface area (Å²) in [6, 6.07) is 21.7. The van der Waals surface area contributed by atoms with Crippen LogP contribution in [0.25, 0.3) is 10.9 Å². The van der Waals surface area contributed by atoms with Gasteiger partial charge in [0.2, 0.25) is 0 Å². The number of carboxylic acids is 1. The third-order valence-electron chi connectivity index (χ3n) is 6.68. The molecule has 3 aromatic carbocycles. The Kier molecular flexibility index (Phi) is 7.86. The first-order chi connectivity index (χ1) is 18.2. The minimum absolute atomic E-state index is 0.221. The number of likely N-dealkylation sites (N-methyl/N-ethyl adjacent to an activating group) is 1. The predicted octanol–water partition coefficient (Wildman–Crippen LogP) is 5.04. The van der Waals surface area contributed by atoms with Crippen LogP contribution in [0.2, 0.25) is 0 Å². The molecule has 194 valence electrons. The lowest BCUT2D eigenvalue weighted by molar-refractivity contribution is -0.140. The molecule has 1 heterocycles. The maximum atomic E-state index is 14.4. The average molecular weight is 510 g/mol. The van der Waals surface area contributed by atoms with Crippen LogP contribution in [0, 0.1) is 13.8 Å². The van der Waals surface area contributed by atoms with E-state index < -0.39 is 24.0 Å². The van der Waals surface area contributed by atoms with E-state index in [9.17, 15) is 19.5 Å². The van der Waals surface area contributed by atoms with Crippen molar-refractivity contribution in [2.75, 3.05) is 11.9 Å². The van der Waals surface area contributed by atoms with Crippen LogP contribution in [0.1, 0.15) is 34.0 Å². The molecule has 0 spiro atoms. The SMILES string of the molecule is Cc1cc(C)cc(C(=O)N(C)[C@@H](Cc2ccccc2)C(=O)N(c2ccnc3ccccc23)[C@@H](C)C(=O)O)c1. The molecule has 0 unspecified atom stereocenters. The highest BCUT2D eigenvalue weighted by Gasteiger charge is 2.37. The van der Waals surface area contributed by atoms with E-state index in [1.807, 2.05) is 74.5 Å². The number of aliphatic carboxylic acids is 1. The van der Waals surface area contributed by atoms with E-state index in [0.717, 1.165) is 16.7 Å². The molecular weight excluding hydrogens is 478 g/mol. The van der Waals surface area contributed by atoms with Crippen molar-refractivity contribution in [1.29, 1.82) is 0 Å². The lowest BCUT2D eigenvalue weighted by atomic mass is 10.00. The Morgan fingerprint density at radius 3 is 2.18 bits per heavy atom. The number of carbonyl (C=O) groups excluding carboxylic acids is 2. The molecule has 0 radical (unpaired) electrons. The maximum Gasteiger partial charge on any atom is 0.326 e. The van der Waals surface area contributed by atoms with E-state index in [0.29, 0.717) is 22.2 Å². The van der Waals surface area contributed by atoms with Gasteiger partial charge in [-0.1, -0.05) is 65.7 Å². The zero-order chi connectivity index (χ0) is 27.4. The Labute approximate surface area is 222 Å². The number of benzene rings is 3. The van der Waals surface area contributed by atoms with Crippen molar-refractivity contribution in [3.8, 4) is 0 Å². The van der Waals surface area contributed by atoms with Gasteiger partial charge in [0, 0.05) is 30.6 Å². The second-order valence-electron chi connectivity index (χ2n) is 9.57. The van der Waals surface area contributed by atoms with Gasteiger partial charge in [-0.15, -0.1) is 0 Å². The summed E-state index contributed by atoms with van der Waals surface area (Å²) in [4.78, 5) is 47.4. The van der Waals surface area contributed by atoms with Gasteiger partial charge in [-0.3, -0.25) is 19.5 Å². The molecule has 2 atom stereocenters. The van der Waals surface area contributed by atoms with Crippen LogP contribution >= 0.6 is 0 Å². The number of hydrogen-bond donors (Lipinski definition) is 1. The number of nitrogens with zero attached hydrogens (tertiary/aromatic N) is 3. The fourth-order valence-electron chi connectivity index (χ4n) is 4.75. The highest BCUT2D eigenvalue weighted by Crippen LogP contribution is 2.29. The minimum atomic E-state index is -1.18. The van der Waals surface area contributed by atoms with Gasteiger partial charge in [-0.2, -0.15) is 0 Å². The number of anilines is 1. The molecule has 4 aromatic rings. The van der Waals surface area contributed by atoms with Crippen LogP contribution in [-0.4, -0.2) is 51.9 Å². The van der Waals surface area contributed by atoms with Gasteiger partial charge in [0.25, 0.3) is 11.8 Å². The first kappa shape index (κ1) is 26.5. The highest BCUT2D eigenvalue weighted by atomic mass is 16.4. The van der Waals surface area contributed by atoms with Crippen LogP contribution < -0.4 is 4.90 Å². The first-order valence-corrected chi connectivity index (χ1v) is 12.5. The smallest absolute Gasteiger partial charge is 0.326 e. The molecule has 2 amide bonds. The van der Waals surface area contributed by atoms with Crippen molar-refractivity contribution < 1.29 is 19.5 Å². The number of carbonyl (C=O) groups is 3. The van der Waals surface area contributed by atoms with Crippen molar-refractivity contribution in [3.05, 3.63) is 107 Å². The Bertz CT molecular complexity index is 1460. The number of carboxylic acid groups (broad SMARTS) is 1. The van der Waals surface area contributed by atoms with Crippen molar-refractivity contribution in [2.24, 2.45) is 0 Å². The molecule has 7 heteroatoms. The second-order valence-corrected chi connectivity index (χ2v) is 9.57. The van der Waals surface area contributed by atoms with Crippen LogP contribution in [0.15, 0.2) is 85.1 Å². The normalized spacial score (nSPS) is 12.5. The van der Waals surface area contributed by atoms with Crippen LogP contribution in [0.3, 0.4) is 0 Å². The van der Waals surface area contributed by atoms with Crippen molar-refractivity contribution >= 4 is 34.4 Å². The summed E-state index contributed by atoms with van der Waals surface area (Å²) in [5.74, 6) is -1.95. The molecule has 0 fully saturated rings. The van der Waals surface area contributed by atoms with Gasteiger partial charge in [0.05, 0.1) is 11.2 Å². The van der Waals surface area contributed by atoms with Crippen molar-refractivity contribution in [2.45, 2.75) is 39.3 Å². The molecule has 0 saturated heterocycles. The first-order valence-electron chi connectivity index (χ1n) is 12.5. The summed E-state index contributed by atoms with van der Waals surface area (Å²) in [6.45, 7) is 5.31. The number of aryl methyl sites for hydroxylation is 2. The zero-order valence-corrected chi connectivity index (χ0v) is 22.0. The van der Waals surface area contributed by atoms with Crippen LogP contribution in [0.5, 0.6) is 0 Å². The summed E-state index contributed by atoms with van der Waals surface area (Å²) in [5.41, 5.74) is 4.28. The van der Waals surface area contributed by atoms with Crippen LogP contribution in [-0.2, 0) is 16.0 Å². The lowest BCUT2D eigenvalue weighted by Crippen LogP contribution is -2.54. The predicted molar refractivity (Wildman–Crippen MR) is 148 cm³/mol. The zero-order valence-electron chi connectivity index (χ0n) is 22.0. The fraction of sp³-hybridized carbons (Fsp3) is 0.226. The second kappa shape index (κ2) is 11.3. The molecule has 0 aliphatic carbocycles. The number of para-hydroxylation sites is 1. The molecule has 0 aliphatic rings. The molecule has 4 rings (SSSR count). The number of pyridine rings is 1. The molecule has 7 nitrogen and oxygen atoms in total. The standard InChI is InChI=1S/C31H31N3O4/c1-20-16-21(2)18-24(17-20)29(35)33(4)28(19-23-10-6-5-7-11-23)30(36)34(22(3)31(37)38)27-14-15-32-26-13-9-8-12-25(26)27/h5-18,22,28H,19H2,1-4H3,(H,37,38)/t22-,28-/m0/s1. The number of aromatic nitrogens is 1. The number of amides is 2. The van der Waals surface area contributed by atoms with Crippen molar-refractivity contribution in [1.82, 2.24) is 9.88 Å². The van der Waals surface area contributed by atoms with E-state index >= 15 is 0 Å². The number of rotatable bonds is 8. The van der Waals surface area contributed by atoms with Gasteiger partial charge in [0.15, 0.2) is 0 Å². The Morgan fingerprint density at radius 1 is 0.895 bits per heavy atom. The van der Waals surface area contributed by atoms with Crippen LogP contribution in [0.4, 0.5) is 5.69 Å². The molecular formula is C31H31N3O4. The van der Waals surface area contributed by atoms with E-state index in [-0.39, 0.29) is 12.3 Å². The Morgan fingerprint density at radius 2 is 1.53 bits per heavy atom. The Balaban J connectivity index is 1.83. The monoisotopic (exact) mass is 509 g/mol. The molecule has 0 aliphatic heterocycles. The summed E-state index contributed by atoms with van der Waals surface area (Å²) in [7, 11) is 1.60. The van der Waals surface area contributed by atoms with E-state index in [1.165, 1.54) is 16.7 Å². The molecule has 38 heavy (non-hydrogen) atoms. The molecule has 0 saturated carbocycles. The van der Waals surface area contributed by atoms with Gasteiger partial charge in [0.1, 0.15) is 12.1 Å². The van der Waals surface area contributed by atoms with E-state index in [1.54, 1.807) is 31.4 Å². The topological polar surface area (TPSA) is 90.8 Å².